The Morgan fingerprint density at radius 1 is 1.40 bits per heavy atom. The summed E-state index contributed by atoms with van der Waals surface area (Å²) in [4.78, 5) is 0. The van der Waals surface area contributed by atoms with Gasteiger partial charge in [-0.3, -0.25) is 0 Å². The highest BCUT2D eigenvalue weighted by atomic mass is 16.5. The minimum Gasteiger partial charge on any atom is -0.373 e. The van der Waals surface area contributed by atoms with Crippen molar-refractivity contribution in [2.24, 2.45) is 5.73 Å². The van der Waals surface area contributed by atoms with Crippen LogP contribution in [0.15, 0.2) is 24.3 Å². The van der Waals surface area contributed by atoms with E-state index in [0.717, 1.165) is 19.4 Å². The van der Waals surface area contributed by atoms with Crippen molar-refractivity contribution in [3.05, 3.63) is 35.4 Å². The Morgan fingerprint density at radius 2 is 2.13 bits per heavy atom. The van der Waals surface area contributed by atoms with Crippen LogP contribution in [0.4, 0.5) is 0 Å². The minimum absolute atomic E-state index is 0.0128. The Balaban J connectivity index is 2.27. The summed E-state index contributed by atoms with van der Waals surface area (Å²) >= 11 is 0. The molecule has 0 amide bonds. The van der Waals surface area contributed by atoms with Gasteiger partial charge in [-0.2, -0.15) is 0 Å². The average Bonchev–Trinajstić information content (AvgIpc) is 2.66. The van der Waals surface area contributed by atoms with Crippen LogP contribution in [0.25, 0.3) is 0 Å². The topological polar surface area (TPSA) is 35.2 Å². The predicted octanol–water partition coefficient (Wildman–Crippen LogP) is 2.56. The second-order valence-corrected chi connectivity index (χ2v) is 4.60. The molecule has 2 heteroatoms. The lowest BCUT2D eigenvalue weighted by atomic mass is 9.86. The summed E-state index contributed by atoms with van der Waals surface area (Å²) in [6.45, 7) is 5.07. The molecule has 1 aliphatic heterocycles. The van der Waals surface area contributed by atoms with Crippen molar-refractivity contribution in [3.63, 3.8) is 0 Å². The van der Waals surface area contributed by atoms with Crippen LogP contribution in [0, 0.1) is 6.92 Å². The van der Waals surface area contributed by atoms with Crippen molar-refractivity contribution in [3.8, 4) is 0 Å². The fourth-order valence-corrected chi connectivity index (χ4v) is 2.31. The highest BCUT2D eigenvalue weighted by Gasteiger charge is 2.37. The van der Waals surface area contributed by atoms with Gasteiger partial charge in [0, 0.05) is 6.61 Å². The van der Waals surface area contributed by atoms with Crippen LogP contribution in [0.5, 0.6) is 0 Å². The second kappa shape index (κ2) is 3.95. The van der Waals surface area contributed by atoms with Gasteiger partial charge in [0.2, 0.25) is 0 Å². The standard InChI is InChI=1S/C13H19NO/c1-10-6-3-4-7-11(10)12(14)13(2)8-5-9-15-13/h3-4,6-7,12H,5,8-9,14H2,1-2H3. The first kappa shape index (κ1) is 10.7. The summed E-state index contributed by atoms with van der Waals surface area (Å²) in [5.74, 6) is 0. The molecule has 2 unspecified atom stereocenters. The molecule has 0 saturated carbocycles. The van der Waals surface area contributed by atoms with Crippen molar-refractivity contribution in [1.82, 2.24) is 0 Å². The Morgan fingerprint density at radius 3 is 2.73 bits per heavy atom. The van der Waals surface area contributed by atoms with Gasteiger partial charge in [0.1, 0.15) is 0 Å². The van der Waals surface area contributed by atoms with E-state index in [-0.39, 0.29) is 11.6 Å². The zero-order valence-electron chi connectivity index (χ0n) is 9.49. The average molecular weight is 205 g/mol. The zero-order chi connectivity index (χ0) is 10.9. The molecule has 1 aliphatic rings. The number of rotatable bonds is 2. The van der Waals surface area contributed by atoms with E-state index in [1.165, 1.54) is 11.1 Å². The third kappa shape index (κ3) is 1.92. The predicted molar refractivity (Wildman–Crippen MR) is 61.7 cm³/mol. The van der Waals surface area contributed by atoms with Crippen molar-refractivity contribution in [2.75, 3.05) is 6.61 Å². The first-order chi connectivity index (χ1) is 7.13. The summed E-state index contributed by atoms with van der Waals surface area (Å²) in [5, 5.41) is 0. The summed E-state index contributed by atoms with van der Waals surface area (Å²) in [5.41, 5.74) is 8.60. The molecule has 0 aromatic heterocycles. The van der Waals surface area contributed by atoms with Crippen molar-refractivity contribution in [2.45, 2.75) is 38.3 Å². The van der Waals surface area contributed by atoms with Gasteiger partial charge in [-0.25, -0.2) is 0 Å². The summed E-state index contributed by atoms with van der Waals surface area (Å²) in [7, 11) is 0. The van der Waals surface area contributed by atoms with Crippen LogP contribution in [0.1, 0.15) is 36.9 Å². The van der Waals surface area contributed by atoms with Crippen LogP contribution >= 0.6 is 0 Å². The molecule has 2 atom stereocenters. The minimum atomic E-state index is -0.174. The number of ether oxygens (including phenoxy) is 1. The molecule has 2 N–H and O–H groups in total. The van der Waals surface area contributed by atoms with Gasteiger partial charge < -0.3 is 10.5 Å². The number of benzene rings is 1. The van der Waals surface area contributed by atoms with E-state index in [4.69, 9.17) is 10.5 Å². The lowest BCUT2D eigenvalue weighted by Crippen LogP contribution is -2.38. The lowest BCUT2D eigenvalue weighted by molar-refractivity contribution is -0.00188. The van der Waals surface area contributed by atoms with Crippen LogP contribution in [0.2, 0.25) is 0 Å². The van der Waals surface area contributed by atoms with Crippen molar-refractivity contribution < 1.29 is 4.74 Å². The highest BCUT2D eigenvalue weighted by Crippen LogP contribution is 2.36. The molecule has 0 radical (unpaired) electrons. The Bertz CT molecular complexity index is 342. The monoisotopic (exact) mass is 205 g/mol. The number of aryl methyl sites for hydroxylation is 1. The second-order valence-electron chi connectivity index (χ2n) is 4.60. The molecule has 2 nitrogen and oxygen atoms in total. The number of hydrogen-bond acceptors (Lipinski definition) is 2. The molecule has 1 heterocycles. The van der Waals surface area contributed by atoms with E-state index >= 15 is 0 Å². The molecular formula is C13H19NO. The summed E-state index contributed by atoms with van der Waals surface area (Å²) < 4.78 is 5.79. The quantitative estimate of drug-likeness (QED) is 0.805. The first-order valence-electron chi connectivity index (χ1n) is 5.58. The molecule has 1 aromatic carbocycles. The van der Waals surface area contributed by atoms with Gasteiger partial charge in [-0.15, -0.1) is 0 Å². The largest absolute Gasteiger partial charge is 0.373 e. The fraction of sp³-hybridized carbons (Fsp3) is 0.538. The van der Waals surface area contributed by atoms with E-state index in [2.05, 4.69) is 26.0 Å². The van der Waals surface area contributed by atoms with Crippen molar-refractivity contribution >= 4 is 0 Å². The van der Waals surface area contributed by atoms with Crippen LogP contribution in [-0.4, -0.2) is 12.2 Å². The van der Waals surface area contributed by atoms with Crippen LogP contribution in [-0.2, 0) is 4.74 Å². The molecule has 1 fully saturated rings. The zero-order valence-corrected chi connectivity index (χ0v) is 9.49. The fourth-order valence-electron chi connectivity index (χ4n) is 2.31. The van der Waals surface area contributed by atoms with Gasteiger partial charge in [0.15, 0.2) is 0 Å². The normalized spacial score (nSPS) is 27.9. The maximum Gasteiger partial charge on any atom is 0.0847 e. The van der Waals surface area contributed by atoms with E-state index in [1.807, 2.05) is 12.1 Å². The molecule has 0 spiro atoms. The SMILES string of the molecule is Cc1ccccc1C(N)C1(C)CCCO1. The van der Waals surface area contributed by atoms with E-state index in [0.29, 0.717) is 0 Å². The van der Waals surface area contributed by atoms with Gasteiger partial charge in [-0.05, 0) is 37.8 Å². The van der Waals surface area contributed by atoms with Crippen molar-refractivity contribution in [1.29, 1.82) is 0 Å². The van der Waals surface area contributed by atoms with Crippen LogP contribution in [0.3, 0.4) is 0 Å². The number of hydrogen-bond donors (Lipinski definition) is 1. The summed E-state index contributed by atoms with van der Waals surface area (Å²) in [6, 6.07) is 8.28. The molecule has 82 valence electrons. The first-order valence-corrected chi connectivity index (χ1v) is 5.58. The van der Waals surface area contributed by atoms with Gasteiger partial charge in [0.05, 0.1) is 11.6 Å². The van der Waals surface area contributed by atoms with E-state index < -0.39 is 0 Å². The maximum atomic E-state index is 6.31. The van der Waals surface area contributed by atoms with E-state index in [1.54, 1.807) is 0 Å². The molecular weight excluding hydrogens is 186 g/mol. The molecule has 2 rings (SSSR count). The lowest BCUT2D eigenvalue weighted by Gasteiger charge is -2.31. The van der Waals surface area contributed by atoms with Gasteiger partial charge >= 0.3 is 0 Å². The Hall–Kier alpha value is -0.860. The highest BCUT2D eigenvalue weighted by molar-refractivity contribution is 5.30. The molecule has 0 bridgehead atoms. The third-order valence-electron chi connectivity index (χ3n) is 3.43. The smallest absolute Gasteiger partial charge is 0.0847 e. The van der Waals surface area contributed by atoms with E-state index in [9.17, 15) is 0 Å². The van der Waals surface area contributed by atoms with Gasteiger partial charge in [0.25, 0.3) is 0 Å². The maximum absolute atomic E-state index is 6.31. The molecule has 1 saturated heterocycles. The Kier molecular flexibility index (Phi) is 2.81. The Labute approximate surface area is 91.4 Å². The van der Waals surface area contributed by atoms with Crippen LogP contribution < -0.4 is 5.73 Å². The molecule has 0 aliphatic carbocycles. The third-order valence-corrected chi connectivity index (χ3v) is 3.43. The summed E-state index contributed by atoms with van der Waals surface area (Å²) in [6.07, 6.45) is 2.18. The molecule has 15 heavy (non-hydrogen) atoms. The number of nitrogens with two attached hydrogens (primary N) is 1. The van der Waals surface area contributed by atoms with Gasteiger partial charge in [-0.1, -0.05) is 24.3 Å². The molecule has 1 aromatic rings.